The van der Waals surface area contributed by atoms with Crippen LogP contribution in [0.2, 0.25) is 5.02 Å². The standard InChI is InChI=1S/C24H23ClN4O2.CH2O2/c1-15(16-7-11-19(25)12-8-16)28-23(30)21(17-5-3-2-4-6-17)24(31)29-20-13-9-18(10-14-20)22(26)27;2-1-3/h2-15,21H,1H3,(H3,26,27)(H,28,30)(H,29,31);1H,(H,2,3)/t15-,21?;/m0./s1. The largest absolute Gasteiger partial charge is 0.483 e. The summed E-state index contributed by atoms with van der Waals surface area (Å²) >= 11 is 5.94. The molecule has 8 nitrogen and oxygen atoms in total. The quantitative estimate of drug-likeness (QED) is 0.150. The zero-order valence-corrected chi connectivity index (χ0v) is 19.1. The zero-order valence-electron chi connectivity index (χ0n) is 18.4. The number of carbonyl (C=O) groups is 3. The molecule has 0 aliphatic heterocycles. The molecule has 0 aliphatic rings. The lowest BCUT2D eigenvalue weighted by molar-refractivity contribution is -0.129. The molecule has 0 saturated carbocycles. The van der Waals surface area contributed by atoms with Gasteiger partial charge in [-0.25, -0.2) is 0 Å². The average molecular weight is 481 g/mol. The molecule has 0 radical (unpaired) electrons. The number of hydrogen-bond donors (Lipinski definition) is 5. The molecule has 3 aromatic rings. The maximum Gasteiger partial charge on any atom is 0.290 e. The van der Waals surface area contributed by atoms with Gasteiger partial charge in [-0.3, -0.25) is 19.8 Å². The highest BCUT2D eigenvalue weighted by molar-refractivity contribution is 6.30. The molecule has 2 amide bonds. The van der Waals surface area contributed by atoms with E-state index in [0.717, 1.165) is 5.56 Å². The van der Waals surface area contributed by atoms with Gasteiger partial charge in [0.15, 0.2) is 0 Å². The summed E-state index contributed by atoms with van der Waals surface area (Å²) in [6.07, 6.45) is 0. The molecule has 6 N–H and O–H groups in total. The molecule has 1 unspecified atom stereocenters. The number of benzene rings is 3. The minimum absolute atomic E-state index is 0.0596. The fraction of sp³-hybridized carbons (Fsp3) is 0.120. The van der Waals surface area contributed by atoms with E-state index in [1.807, 2.05) is 25.1 Å². The third-order valence-electron chi connectivity index (χ3n) is 4.85. The molecule has 0 aliphatic carbocycles. The van der Waals surface area contributed by atoms with Crippen LogP contribution in [0.4, 0.5) is 5.69 Å². The number of anilines is 1. The van der Waals surface area contributed by atoms with E-state index >= 15 is 0 Å². The van der Waals surface area contributed by atoms with Crippen molar-refractivity contribution in [2.24, 2.45) is 5.73 Å². The van der Waals surface area contributed by atoms with Crippen LogP contribution in [0.1, 0.15) is 35.6 Å². The van der Waals surface area contributed by atoms with E-state index in [9.17, 15) is 9.59 Å². The Morgan fingerprint density at radius 1 is 0.941 bits per heavy atom. The normalized spacial score (nSPS) is 11.7. The van der Waals surface area contributed by atoms with E-state index < -0.39 is 17.7 Å². The fourth-order valence-corrected chi connectivity index (χ4v) is 3.27. The minimum Gasteiger partial charge on any atom is -0.483 e. The molecule has 0 fully saturated rings. The van der Waals surface area contributed by atoms with Crippen LogP contribution in [0.15, 0.2) is 78.9 Å². The molecule has 9 heteroatoms. The first kappa shape index (κ1) is 26.1. The Bertz CT molecular complexity index is 1120. The molecule has 176 valence electrons. The van der Waals surface area contributed by atoms with Crippen LogP contribution in [0.5, 0.6) is 0 Å². The van der Waals surface area contributed by atoms with E-state index in [0.29, 0.717) is 21.8 Å². The molecule has 0 spiro atoms. The Kier molecular flexibility index (Phi) is 9.79. The van der Waals surface area contributed by atoms with Gasteiger partial charge in [0.2, 0.25) is 11.8 Å². The van der Waals surface area contributed by atoms with Crippen molar-refractivity contribution >= 4 is 41.4 Å². The Morgan fingerprint density at radius 2 is 1.50 bits per heavy atom. The first-order valence-electron chi connectivity index (χ1n) is 10.2. The van der Waals surface area contributed by atoms with Crippen LogP contribution < -0.4 is 16.4 Å². The molecule has 0 saturated heterocycles. The number of hydrogen-bond acceptors (Lipinski definition) is 4. The van der Waals surface area contributed by atoms with Crippen LogP contribution in [-0.4, -0.2) is 29.2 Å². The number of nitrogen functional groups attached to an aromatic ring is 1. The molecule has 34 heavy (non-hydrogen) atoms. The predicted molar refractivity (Wildman–Crippen MR) is 132 cm³/mol. The number of nitrogens with two attached hydrogens (primary N) is 1. The van der Waals surface area contributed by atoms with E-state index in [2.05, 4.69) is 10.6 Å². The summed E-state index contributed by atoms with van der Waals surface area (Å²) in [5, 5.41) is 20.7. The zero-order chi connectivity index (χ0) is 25.1. The third kappa shape index (κ3) is 7.46. The fourth-order valence-electron chi connectivity index (χ4n) is 3.15. The summed E-state index contributed by atoms with van der Waals surface area (Å²) in [4.78, 5) is 34.6. The van der Waals surface area contributed by atoms with E-state index in [1.165, 1.54) is 0 Å². The highest BCUT2D eigenvalue weighted by Gasteiger charge is 2.29. The number of amidine groups is 1. The lowest BCUT2D eigenvalue weighted by Gasteiger charge is -2.21. The topological polar surface area (TPSA) is 145 Å². The second-order valence-electron chi connectivity index (χ2n) is 7.21. The lowest BCUT2D eigenvalue weighted by Crippen LogP contribution is -2.37. The molecular weight excluding hydrogens is 456 g/mol. The maximum absolute atomic E-state index is 13.1. The second-order valence-corrected chi connectivity index (χ2v) is 7.65. The van der Waals surface area contributed by atoms with Crippen molar-refractivity contribution < 1.29 is 19.5 Å². The van der Waals surface area contributed by atoms with Gasteiger partial charge >= 0.3 is 0 Å². The van der Waals surface area contributed by atoms with Crippen LogP contribution in [-0.2, 0) is 14.4 Å². The summed E-state index contributed by atoms with van der Waals surface area (Å²) in [6, 6.07) is 22.3. The summed E-state index contributed by atoms with van der Waals surface area (Å²) in [5.74, 6) is -1.96. The highest BCUT2D eigenvalue weighted by atomic mass is 35.5. The van der Waals surface area contributed by atoms with Gasteiger partial charge in [-0.05, 0) is 54.4 Å². The molecule has 3 aromatic carbocycles. The van der Waals surface area contributed by atoms with Gasteiger partial charge in [0.25, 0.3) is 6.47 Å². The summed E-state index contributed by atoms with van der Waals surface area (Å²) in [5.41, 5.74) is 7.99. The van der Waals surface area contributed by atoms with Gasteiger partial charge in [0.05, 0.1) is 6.04 Å². The molecule has 0 aromatic heterocycles. The summed E-state index contributed by atoms with van der Waals surface area (Å²) < 4.78 is 0. The van der Waals surface area contributed by atoms with Crippen molar-refractivity contribution in [2.45, 2.75) is 18.9 Å². The SMILES string of the molecule is C[C@H](NC(=O)C(C(=O)Nc1ccc(C(=N)N)cc1)c1ccccc1)c1ccc(Cl)cc1.O=CO. The summed E-state index contributed by atoms with van der Waals surface area (Å²) in [6.45, 7) is 1.60. The molecule has 2 atom stereocenters. The van der Waals surface area contributed by atoms with Crippen molar-refractivity contribution in [3.63, 3.8) is 0 Å². The van der Waals surface area contributed by atoms with Crippen LogP contribution in [0.3, 0.4) is 0 Å². The Morgan fingerprint density at radius 3 is 2.03 bits per heavy atom. The van der Waals surface area contributed by atoms with Crippen LogP contribution in [0.25, 0.3) is 0 Å². The lowest BCUT2D eigenvalue weighted by atomic mass is 9.96. The summed E-state index contributed by atoms with van der Waals surface area (Å²) in [7, 11) is 0. The van der Waals surface area contributed by atoms with Crippen molar-refractivity contribution in [3.8, 4) is 0 Å². The van der Waals surface area contributed by atoms with Gasteiger partial charge < -0.3 is 21.5 Å². The highest BCUT2D eigenvalue weighted by Crippen LogP contribution is 2.22. The number of rotatable bonds is 7. The van der Waals surface area contributed by atoms with Crippen molar-refractivity contribution in [3.05, 3.63) is 101 Å². The van der Waals surface area contributed by atoms with Gasteiger partial charge in [-0.15, -0.1) is 0 Å². The maximum atomic E-state index is 13.1. The molecule has 0 heterocycles. The van der Waals surface area contributed by atoms with Crippen molar-refractivity contribution in [1.29, 1.82) is 5.41 Å². The van der Waals surface area contributed by atoms with Crippen molar-refractivity contribution in [2.75, 3.05) is 5.32 Å². The monoisotopic (exact) mass is 480 g/mol. The van der Waals surface area contributed by atoms with E-state index in [1.54, 1.807) is 60.7 Å². The van der Waals surface area contributed by atoms with E-state index in [-0.39, 0.29) is 18.3 Å². The van der Waals surface area contributed by atoms with Crippen LogP contribution >= 0.6 is 11.6 Å². The Hall–Kier alpha value is -4.17. The number of halogens is 1. The average Bonchev–Trinajstić information content (AvgIpc) is 2.81. The third-order valence-corrected chi connectivity index (χ3v) is 5.10. The molecular formula is C25H25ClN4O4. The Labute approximate surface area is 202 Å². The van der Waals surface area contributed by atoms with Crippen LogP contribution in [0, 0.1) is 5.41 Å². The Balaban J connectivity index is 0.00000129. The van der Waals surface area contributed by atoms with Gasteiger partial charge in [-0.2, -0.15) is 0 Å². The molecule has 3 rings (SSSR count). The first-order chi connectivity index (χ1) is 16.3. The number of nitrogens with one attached hydrogen (secondary N) is 3. The second kappa shape index (κ2) is 12.8. The van der Waals surface area contributed by atoms with Gasteiger partial charge in [0, 0.05) is 16.3 Å². The van der Waals surface area contributed by atoms with E-state index in [4.69, 9.17) is 32.6 Å². The van der Waals surface area contributed by atoms with Gasteiger partial charge in [-0.1, -0.05) is 54.1 Å². The predicted octanol–water partition coefficient (Wildman–Crippen LogP) is 3.92. The van der Waals surface area contributed by atoms with Crippen molar-refractivity contribution in [1.82, 2.24) is 5.32 Å². The smallest absolute Gasteiger partial charge is 0.290 e. The minimum atomic E-state index is -1.04. The number of carbonyl (C=O) groups excluding carboxylic acids is 2. The number of amides is 2. The van der Waals surface area contributed by atoms with Gasteiger partial charge in [0.1, 0.15) is 11.8 Å². The molecule has 0 bridgehead atoms. The number of carboxylic acid groups (broad SMARTS) is 1. The first-order valence-corrected chi connectivity index (χ1v) is 10.6.